The van der Waals surface area contributed by atoms with Gasteiger partial charge in [0.25, 0.3) is 0 Å². The molecule has 0 aliphatic carbocycles. The molecule has 8 nitrogen and oxygen atoms in total. The van der Waals surface area contributed by atoms with E-state index in [1.54, 1.807) is 23.4 Å². The summed E-state index contributed by atoms with van der Waals surface area (Å²) >= 11 is 3.45. The quantitative estimate of drug-likeness (QED) is 0.441. The number of aliphatic imine (C=N–C) groups is 1. The maximum Gasteiger partial charge on any atom is 0.407 e. The van der Waals surface area contributed by atoms with Crippen LogP contribution in [-0.4, -0.2) is 73.7 Å². The second-order valence-corrected chi connectivity index (χ2v) is 6.94. The zero-order valence-electron chi connectivity index (χ0n) is 14.9. The Morgan fingerprint density at radius 2 is 2.00 bits per heavy atom. The number of carbonyl (C=O) groups is 2. The molecule has 1 aliphatic rings. The topological polar surface area (TPSA) is 91.7 Å². The van der Waals surface area contributed by atoms with Crippen LogP contribution >= 0.6 is 15.9 Å². The largest absolute Gasteiger partial charge is 0.489 e. The van der Waals surface area contributed by atoms with Crippen molar-refractivity contribution in [1.82, 2.24) is 9.80 Å². The van der Waals surface area contributed by atoms with Crippen LogP contribution in [0.5, 0.6) is 5.75 Å². The van der Waals surface area contributed by atoms with E-state index in [-0.39, 0.29) is 6.10 Å². The predicted molar refractivity (Wildman–Crippen MR) is 101 cm³/mol. The summed E-state index contributed by atoms with van der Waals surface area (Å²) in [6, 6.07) is 3.30. The first-order valence-electron chi connectivity index (χ1n) is 8.08. The Balaban J connectivity index is 2.21. The Bertz CT molecular complexity index is 700. The lowest BCUT2D eigenvalue weighted by molar-refractivity contribution is 0.0599. The highest BCUT2D eigenvalue weighted by Gasteiger charge is 2.25. The Morgan fingerprint density at radius 1 is 1.35 bits per heavy atom. The molecule has 0 atom stereocenters. The Kier molecular flexibility index (Phi) is 6.84. The van der Waals surface area contributed by atoms with Crippen LogP contribution in [0, 0.1) is 0 Å². The van der Waals surface area contributed by atoms with Gasteiger partial charge in [-0.2, -0.15) is 0 Å². The number of ether oxygens (including phenoxy) is 2. The number of benzene rings is 1. The van der Waals surface area contributed by atoms with Crippen molar-refractivity contribution >= 4 is 40.0 Å². The fourth-order valence-corrected chi connectivity index (χ4v) is 2.96. The van der Waals surface area contributed by atoms with Gasteiger partial charge in [0.2, 0.25) is 0 Å². The molecule has 1 amide bonds. The van der Waals surface area contributed by atoms with Crippen molar-refractivity contribution in [2.75, 3.05) is 34.3 Å². The predicted octanol–water partition coefficient (Wildman–Crippen LogP) is 2.98. The first-order chi connectivity index (χ1) is 12.3. The van der Waals surface area contributed by atoms with Crippen molar-refractivity contribution in [3.05, 3.63) is 22.2 Å². The van der Waals surface area contributed by atoms with Crippen LogP contribution in [0.4, 0.5) is 10.5 Å². The fourth-order valence-electron chi connectivity index (χ4n) is 2.54. The number of piperidine rings is 1. The van der Waals surface area contributed by atoms with Gasteiger partial charge in [-0.3, -0.25) is 0 Å². The highest BCUT2D eigenvalue weighted by molar-refractivity contribution is 9.10. The average molecular weight is 428 g/mol. The van der Waals surface area contributed by atoms with E-state index in [0.717, 1.165) is 0 Å². The van der Waals surface area contributed by atoms with Crippen LogP contribution in [0.25, 0.3) is 0 Å². The molecule has 1 saturated heterocycles. The summed E-state index contributed by atoms with van der Waals surface area (Å²) in [5, 5.41) is 9.01. The van der Waals surface area contributed by atoms with E-state index in [4.69, 9.17) is 14.6 Å². The lowest BCUT2D eigenvalue weighted by Crippen LogP contribution is -2.41. The zero-order chi connectivity index (χ0) is 19.3. The molecule has 1 fully saturated rings. The SMILES string of the molecule is COC(=O)c1cc(OC2CCN(C(=O)O)CC2)c(Br)cc1N=CN(C)C. The summed E-state index contributed by atoms with van der Waals surface area (Å²) in [4.78, 5) is 30.5. The maximum absolute atomic E-state index is 12.1. The molecular weight excluding hydrogens is 406 g/mol. The van der Waals surface area contributed by atoms with E-state index in [1.807, 2.05) is 14.1 Å². The summed E-state index contributed by atoms with van der Waals surface area (Å²) < 4.78 is 11.5. The normalized spacial score (nSPS) is 15.2. The first kappa shape index (κ1) is 20.0. The summed E-state index contributed by atoms with van der Waals surface area (Å²) in [5.41, 5.74) is 0.761. The zero-order valence-corrected chi connectivity index (χ0v) is 16.5. The standard InChI is InChI=1S/C17H22BrN3O5/c1-20(2)10-19-14-9-13(18)15(8-12(14)16(22)25-3)26-11-4-6-21(7-5-11)17(23)24/h8-11H,4-7H2,1-3H3,(H,23,24). The molecule has 0 spiro atoms. The van der Waals surface area contributed by atoms with Gasteiger partial charge in [0.1, 0.15) is 11.9 Å². The monoisotopic (exact) mass is 427 g/mol. The number of likely N-dealkylation sites (tertiary alicyclic amines) is 1. The molecule has 1 aliphatic heterocycles. The minimum atomic E-state index is -0.916. The third-order valence-corrected chi connectivity index (χ3v) is 4.51. The average Bonchev–Trinajstić information content (AvgIpc) is 2.61. The number of hydrogen-bond donors (Lipinski definition) is 1. The molecule has 0 radical (unpaired) electrons. The van der Waals surface area contributed by atoms with Crippen LogP contribution in [0.3, 0.4) is 0 Å². The molecular formula is C17H22BrN3O5. The summed E-state index contributed by atoms with van der Waals surface area (Å²) in [5.74, 6) is -0.00284. The van der Waals surface area contributed by atoms with Crippen LogP contribution < -0.4 is 4.74 Å². The van der Waals surface area contributed by atoms with Gasteiger partial charge in [0.05, 0.1) is 29.2 Å². The molecule has 0 aromatic heterocycles. The van der Waals surface area contributed by atoms with E-state index < -0.39 is 12.1 Å². The molecule has 0 unspecified atom stereocenters. The molecule has 1 aromatic carbocycles. The van der Waals surface area contributed by atoms with E-state index >= 15 is 0 Å². The number of esters is 1. The first-order valence-corrected chi connectivity index (χ1v) is 8.88. The molecule has 0 bridgehead atoms. The fraction of sp³-hybridized carbons (Fsp3) is 0.471. The van der Waals surface area contributed by atoms with Gasteiger partial charge in [0, 0.05) is 40.0 Å². The Hall–Kier alpha value is -2.29. The second-order valence-electron chi connectivity index (χ2n) is 6.09. The Morgan fingerprint density at radius 3 is 2.54 bits per heavy atom. The van der Waals surface area contributed by atoms with Crippen LogP contribution in [0.1, 0.15) is 23.2 Å². The smallest absolute Gasteiger partial charge is 0.407 e. The van der Waals surface area contributed by atoms with Crippen molar-refractivity contribution in [1.29, 1.82) is 0 Å². The molecule has 26 heavy (non-hydrogen) atoms. The van der Waals surface area contributed by atoms with Crippen molar-refractivity contribution in [2.24, 2.45) is 4.99 Å². The number of halogens is 1. The van der Waals surface area contributed by atoms with Gasteiger partial charge in [-0.15, -0.1) is 0 Å². The molecule has 1 aromatic rings. The van der Waals surface area contributed by atoms with Crippen molar-refractivity contribution in [2.45, 2.75) is 18.9 Å². The summed E-state index contributed by atoms with van der Waals surface area (Å²) in [6.45, 7) is 0.847. The summed E-state index contributed by atoms with van der Waals surface area (Å²) in [7, 11) is 4.97. The highest BCUT2D eigenvalue weighted by atomic mass is 79.9. The van der Waals surface area contributed by atoms with Gasteiger partial charge in [0.15, 0.2) is 0 Å². The van der Waals surface area contributed by atoms with Gasteiger partial charge in [-0.1, -0.05) is 0 Å². The maximum atomic E-state index is 12.1. The lowest BCUT2D eigenvalue weighted by atomic mass is 10.1. The molecule has 142 valence electrons. The van der Waals surface area contributed by atoms with Gasteiger partial charge < -0.3 is 24.4 Å². The minimum Gasteiger partial charge on any atom is -0.489 e. The summed E-state index contributed by atoms with van der Waals surface area (Å²) in [6.07, 6.45) is 1.74. The van der Waals surface area contributed by atoms with Crippen molar-refractivity contribution in [3.63, 3.8) is 0 Å². The van der Waals surface area contributed by atoms with Crippen LogP contribution in [0.2, 0.25) is 0 Å². The second kappa shape index (κ2) is 8.88. The van der Waals surface area contributed by atoms with E-state index in [9.17, 15) is 9.59 Å². The number of rotatable bonds is 5. The number of amides is 1. The van der Waals surface area contributed by atoms with Crippen LogP contribution in [-0.2, 0) is 4.74 Å². The van der Waals surface area contributed by atoms with E-state index in [1.165, 1.54) is 12.0 Å². The Labute approximate surface area is 160 Å². The third-order valence-electron chi connectivity index (χ3n) is 3.89. The van der Waals surface area contributed by atoms with Gasteiger partial charge >= 0.3 is 12.1 Å². The molecule has 2 rings (SSSR count). The number of carboxylic acid groups (broad SMARTS) is 1. The molecule has 0 saturated carbocycles. The number of nitrogens with zero attached hydrogens (tertiary/aromatic N) is 3. The molecule has 1 N–H and O–H groups in total. The van der Waals surface area contributed by atoms with Gasteiger partial charge in [-0.25, -0.2) is 14.6 Å². The van der Waals surface area contributed by atoms with Crippen LogP contribution in [0.15, 0.2) is 21.6 Å². The molecule has 9 heteroatoms. The highest BCUT2D eigenvalue weighted by Crippen LogP contribution is 2.35. The van der Waals surface area contributed by atoms with Crippen molar-refractivity contribution < 1.29 is 24.2 Å². The van der Waals surface area contributed by atoms with E-state index in [2.05, 4.69) is 20.9 Å². The van der Waals surface area contributed by atoms with Crippen molar-refractivity contribution in [3.8, 4) is 5.75 Å². The molecule has 1 heterocycles. The van der Waals surface area contributed by atoms with E-state index in [0.29, 0.717) is 47.4 Å². The lowest BCUT2D eigenvalue weighted by Gasteiger charge is -2.30. The third kappa shape index (κ3) is 5.10. The number of methoxy groups -OCH3 is 1. The minimum absolute atomic E-state index is 0.122. The number of carbonyl (C=O) groups excluding carboxylic acids is 1. The van der Waals surface area contributed by atoms with Gasteiger partial charge in [-0.05, 0) is 28.1 Å². The number of hydrogen-bond acceptors (Lipinski definition) is 5.